The molecule has 24 heavy (non-hydrogen) atoms. The number of amides is 1. The molecule has 1 heterocycles. The average molecular weight is 349 g/mol. The van der Waals surface area contributed by atoms with Gasteiger partial charge in [0.25, 0.3) is 0 Å². The molecule has 1 aromatic rings. The van der Waals surface area contributed by atoms with E-state index in [1.54, 1.807) is 0 Å². The number of hydrogen-bond donors (Lipinski definition) is 1. The van der Waals surface area contributed by atoms with E-state index in [0.29, 0.717) is 19.3 Å². The Morgan fingerprint density at radius 2 is 1.83 bits per heavy atom. The summed E-state index contributed by atoms with van der Waals surface area (Å²) in [6.45, 7) is 2.02. The molecule has 5 heteroatoms. The predicted octanol–water partition coefficient (Wildman–Crippen LogP) is 2.96. The summed E-state index contributed by atoms with van der Waals surface area (Å²) in [7, 11) is -2.86. The lowest BCUT2D eigenvalue weighted by Crippen LogP contribution is -2.31. The molecule has 1 atom stereocenters. The van der Waals surface area contributed by atoms with Crippen LogP contribution in [-0.4, -0.2) is 25.8 Å². The summed E-state index contributed by atoms with van der Waals surface area (Å²) < 4.78 is 22.9. The highest BCUT2D eigenvalue weighted by molar-refractivity contribution is 7.91. The van der Waals surface area contributed by atoms with Crippen LogP contribution < -0.4 is 5.32 Å². The van der Waals surface area contributed by atoms with Crippen molar-refractivity contribution in [3.8, 4) is 0 Å². The molecule has 1 N–H and O–H groups in total. The van der Waals surface area contributed by atoms with Crippen LogP contribution in [0.1, 0.15) is 61.8 Å². The minimum absolute atomic E-state index is 0.00273. The molecular weight excluding hydrogens is 322 g/mol. The van der Waals surface area contributed by atoms with Gasteiger partial charge in [-0.25, -0.2) is 8.42 Å². The number of fused-ring (bicyclic) bond motifs is 1. The van der Waals surface area contributed by atoms with Gasteiger partial charge in [0.2, 0.25) is 5.91 Å². The molecule has 1 aliphatic heterocycles. The topological polar surface area (TPSA) is 63.2 Å². The van der Waals surface area contributed by atoms with E-state index in [2.05, 4.69) is 23.5 Å². The fourth-order valence-corrected chi connectivity index (χ4v) is 5.40. The molecule has 1 saturated heterocycles. The van der Waals surface area contributed by atoms with Gasteiger partial charge in [0.1, 0.15) is 9.84 Å². The van der Waals surface area contributed by atoms with Crippen LogP contribution in [0.5, 0.6) is 0 Å². The van der Waals surface area contributed by atoms with Crippen molar-refractivity contribution in [2.75, 3.05) is 11.5 Å². The Labute approximate surface area is 145 Å². The van der Waals surface area contributed by atoms with Crippen LogP contribution in [0.15, 0.2) is 18.2 Å². The van der Waals surface area contributed by atoms with Gasteiger partial charge in [0.15, 0.2) is 0 Å². The summed E-state index contributed by atoms with van der Waals surface area (Å²) in [5, 5.41) is 3.08. The number of hydrogen-bond acceptors (Lipinski definition) is 3. The van der Waals surface area contributed by atoms with Crippen LogP contribution in [0.4, 0.5) is 0 Å². The standard InChI is InChI=1S/C19H27NO3S/c1-14(17-7-6-16-4-2-3-5-18(16)13-17)20-19(21)12-15-8-10-24(22,23)11-9-15/h6-7,13-15H,2-5,8-12H2,1H3,(H,20,21). The molecule has 0 spiro atoms. The lowest BCUT2D eigenvalue weighted by atomic mass is 9.89. The van der Waals surface area contributed by atoms with Crippen LogP contribution in [-0.2, 0) is 27.5 Å². The Morgan fingerprint density at radius 1 is 1.17 bits per heavy atom. The molecule has 3 rings (SSSR count). The normalized spacial score (nSPS) is 21.7. The second-order valence-electron chi connectivity index (χ2n) is 7.32. The summed E-state index contributed by atoms with van der Waals surface area (Å²) in [6.07, 6.45) is 6.50. The molecule has 1 aliphatic carbocycles. The van der Waals surface area contributed by atoms with Crippen molar-refractivity contribution in [1.82, 2.24) is 5.32 Å². The third kappa shape index (κ3) is 4.38. The minimum Gasteiger partial charge on any atom is -0.350 e. The minimum atomic E-state index is -2.86. The van der Waals surface area contributed by atoms with Crippen molar-refractivity contribution in [1.29, 1.82) is 0 Å². The maximum atomic E-state index is 12.3. The first-order chi connectivity index (χ1) is 11.4. The maximum Gasteiger partial charge on any atom is 0.220 e. The van der Waals surface area contributed by atoms with Crippen LogP contribution in [0, 0.1) is 5.92 Å². The highest BCUT2D eigenvalue weighted by Gasteiger charge is 2.25. The zero-order valence-corrected chi connectivity index (χ0v) is 15.2. The molecule has 0 saturated carbocycles. The summed E-state index contributed by atoms with van der Waals surface area (Å²) in [4.78, 5) is 12.3. The molecular formula is C19H27NO3S. The zero-order chi connectivity index (χ0) is 17.2. The molecule has 132 valence electrons. The zero-order valence-electron chi connectivity index (χ0n) is 14.4. The van der Waals surface area contributed by atoms with Crippen molar-refractivity contribution in [3.63, 3.8) is 0 Å². The molecule has 1 fully saturated rings. The first-order valence-corrected chi connectivity index (χ1v) is 10.9. The Balaban J connectivity index is 1.54. The van der Waals surface area contributed by atoms with Crippen LogP contribution >= 0.6 is 0 Å². The van der Waals surface area contributed by atoms with Crippen molar-refractivity contribution < 1.29 is 13.2 Å². The van der Waals surface area contributed by atoms with Gasteiger partial charge in [-0.05, 0) is 68.1 Å². The summed E-state index contributed by atoms with van der Waals surface area (Å²) >= 11 is 0. The second-order valence-corrected chi connectivity index (χ2v) is 9.63. The van der Waals surface area contributed by atoms with Gasteiger partial charge < -0.3 is 5.32 Å². The van der Waals surface area contributed by atoms with Gasteiger partial charge >= 0.3 is 0 Å². The molecule has 1 amide bonds. The van der Waals surface area contributed by atoms with E-state index < -0.39 is 9.84 Å². The van der Waals surface area contributed by atoms with Crippen LogP contribution in [0.2, 0.25) is 0 Å². The van der Waals surface area contributed by atoms with E-state index in [4.69, 9.17) is 0 Å². The quantitative estimate of drug-likeness (QED) is 0.909. The number of carbonyl (C=O) groups excluding carboxylic acids is 1. The Bertz CT molecular complexity index is 697. The number of benzene rings is 1. The third-order valence-electron chi connectivity index (χ3n) is 5.40. The monoisotopic (exact) mass is 349 g/mol. The number of aryl methyl sites for hydroxylation is 2. The lowest BCUT2D eigenvalue weighted by molar-refractivity contribution is -0.122. The largest absolute Gasteiger partial charge is 0.350 e. The van der Waals surface area contributed by atoms with E-state index in [-0.39, 0.29) is 29.4 Å². The van der Waals surface area contributed by atoms with Gasteiger partial charge in [-0.2, -0.15) is 0 Å². The predicted molar refractivity (Wildman–Crippen MR) is 95.6 cm³/mol. The summed E-state index contributed by atoms with van der Waals surface area (Å²) in [5.41, 5.74) is 4.04. The Hall–Kier alpha value is -1.36. The molecule has 1 unspecified atom stereocenters. The van der Waals surface area contributed by atoms with E-state index >= 15 is 0 Å². The SMILES string of the molecule is CC(NC(=O)CC1CCS(=O)(=O)CC1)c1ccc2c(c1)CCCC2. The summed E-state index contributed by atoms with van der Waals surface area (Å²) in [6, 6.07) is 6.57. The van der Waals surface area contributed by atoms with E-state index in [9.17, 15) is 13.2 Å². The number of rotatable bonds is 4. The second kappa shape index (κ2) is 7.26. The average Bonchev–Trinajstić information content (AvgIpc) is 2.56. The van der Waals surface area contributed by atoms with E-state index in [1.807, 2.05) is 6.92 Å². The molecule has 4 nitrogen and oxygen atoms in total. The number of nitrogens with one attached hydrogen (secondary N) is 1. The van der Waals surface area contributed by atoms with Crippen LogP contribution in [0.25, 0.3) is 0 Å². The first-order valence-electron chi connectivity index (χ1n) is 9.04. The Kier molecular flexibility index (Phi) is 5.28. The Morgan fingerprint density at radius 3 is 2.54 bits per heavy atom. The van der Waals surface area contributed by atoms with Gasteiger partial charge in [-0.15, -0.1) is 0 Å². The fraction of sp³-hybridized carbons (Fsp3) is 0.632. The smallest absolute Gasteiger partial charge is 0.220 e. The third-order valence-corrected chi connectivity index (χ3v) is 7.11. The molecule has 0 bridgehead atoms. The number of sulfone groups is 1. The van der Waals surface area contributed by atoms with Crippen molar-refractivity contribution >= 4 is 15.7 Å². The van der Waals surface area contributed by atoms with Gasteiger partial charge in [0.05, 0.1) is 17.5 Å². The fourth-order valence-electron chi connectivity index (χ4n) is 3.81. The highest BCUT2D eigenvalue weighted by atomic mass is 32.2. The van der Waals surface area contributed by atoms with Crippen molar-refractivity contribution in [2.45, 2.75) is 57.9 Å². The van der Waals surface area contributed by atoms with Gasteiger partial charge in [-0.3, -0.25) is 4.79 Å². The lowest BCUT2D eigenvalue weighted by Gasteiger charge is -2.23. The van der Waals surface area contributed by atoms with Gasteiger partial charge in [-0.1, -0.05) is 18.2 Å². The molecule has 1 aromatic carbocycles. The van der Waals surface area contributed by atoms with Gasteiger partial charge in [0, 0.05) is 6.42 Å². The summed E-state index contributed by atoms with van der Waals surface area (Å²) in [5.74, 6) is 0.685. The van der Waals surface area contributed by atoms with E-state index in [1.165, 1.54) is 30.4 Å². The van der Waals surface area contributed by atoms with Crippen molar-refractivity contribution in [2.24, 2.45) is 5.92 Å². The van der Waals surface area contributed by atoms with E-state index in [0.717, 1.165) is 12.0 Å². The molecule has 2 aliphatic rings. The van der Waals surface area contributed by atoms with Crippen molar-refractivity contribution in [3.05, 3.63) is 34.9 Å². The molecule has 0 aromatic heterocycles. The maximum absolute atomic E-state index is 12.3. The van der Waals surface area contributed by atoms with Crippen LogP contribution in [0.3, 0.4) is 0 Å². The molecule has 0 radical (unpaired) electrons. The number of carbonyl (C=O) groups is 1. The first kappa shape index (κ1) is 17.5. The highest BCUT2D eigenvalue weighted by Crippen LogP contribution is 2.26.